The lowest BCUT2D eigenvalue weighted by molar-refractivity contribution is 0.387. The van der Waals surface area contributed by atoms with Crippen LogP contribution >= 0.6 is 0 Å². The summed E-state index contributed by atoms with van der Waals surface area (Å²) >= 11 is 0. The van der Waals surface area contributed by atoms with E-state index in [4.69, 9.17) is 26.4 Å². The summed E-state index contributed by atoms with van der Waals surface area (Å²) < 4.78 is 18.3. The Morgan fingerprint density at radius 1 is 1.02 bits per heavy atom. The van der Waals surface area contributed by atoms with Crippen molar-refractivity contribution in [3.63, 3.8) is 0 Å². The summed E-state index contributed by atoms with van der Waals surface area (Å²) in [6, 6.07) is 5.63. The molecule has 8 nitrogen and oxygen atoms in total. The summed E-state index contributed by atoms with van der Waals surface area (Å²) in [5.74, 6) is 3.41. The number of nitrogens with one attached hydrogen (secondary N) is 1. The molecule has 2 aliphatic heterocycles. The van der Waals surface area contributed by atoms with Crippen molar-refractivity contribution in [2.24, 2.45) is 17.8 Å². The lowest BCUT2D eigenvalue weighted by Gasteiger charge is -2.26. The van der Waals surface area contributed by atoms with Crippen molar-refractivity contribution in [1.82, 2.24) is 29.8 Å². The number of pyridine rings is 1. The number of hydrogen-bond donors (Lipinski definition) is 2. The van der Waals surface area contributed by atoms with Gasteiger partial charge in [0.05, 0.1) is 28.7 Å². The number of phenols is 1. The normalized spacial score (nSPS) is 30.2. The van der Waals surface area contributed by atoms with E-state index < -0.39 is 11.5 Å². The van der Waals surface area contributed by atoms with E-state index in [9.17, 15) is 9.90 Å². The number of hydrogen-bond acceptors (Lipinski definition) is 7. The van der Waals surface area contributed by atoms with Crippen LogP contribution in [0.25, 0.3) is 34.1 Å². The molecule has 3 saturated carbocycles. The summed E-state index contributed by atoms with van der Waals surface area (Å²) in [7, 11) is 0. The lowest BCUT2D eigenvalue weighted by atomic mass is 9.77. The molecule has 0 amide bonds. The number of allylic oxidation sites excluding steroid dienone is 1. The highest BCUT2D eigenvalue weighted by Gasteiger charge is 2.61. The van der Waals surface area contributed by atoms with Crippen molar-refractivity contribution >= 4 is 17.1 Å². The van der Waals surface area contributed by atoms with Gasteiger partial charge in [-0.05, 0) is 92.0 Å². The third-order valence-electron chi connectivity index (χ3n) is 11.8. The van der Waals surface area contributed by atoms with Crippen LogP contribution in [0, 0.1) is 35.9 Å². The Hall–Kier alpha value is -4.42. The second-order valence-corrected chi connectivity index (χ2v) is 14.8. The molecule has 2 saturated heterocycles. The first-order valence-electron chi connectivity index (χ1n) is 17.2. The fourth-order valence-electron chi connectivity index (χ4n) is 9.24. The molecular weight excluding hydrogens is 591 g/mol. The summed E-state index contributed by atoms with van der Waals surface area (Å²) in [4.78, 5) is 33.8. The molecule has 0 spiro atoms. The van der Waals surface area contributed by atoms with Crippen LogP contribution < -0.4 is 11.0 Å². The van der Waals surface area contributed by atoms with Crippen LogP contribution in [0.1, 0.15) is 104 Å². The fourth-order valence-corrected chi connectivity index (χ4v) is 9.24. The summed E-state index contributed by atoms with van der Waals surface area (Å²) in [5.41, 5.74) is 4.94. The minimum atomic E-state index is -0.533. The Balaban J connectivity index is 1.26. The summed E-state index contributed by atoms with van der Waals surface area (Å²) in [6.07, 6.45) is 18.9. The van der Waals surface area contributed by atoms with Gasteiger partial charge in [-0.15, -0.1) is 6.42 Å². The van der Waals surface area contributed by atoms with Gasteiger partial charge in [0.2, 0.25) is 0 Å². The van der Waals surface area contributed by atoms with Crippen LogP contribution in [-0.4, -0.2) is 41.7 Å². The first kappa shape index (κ1) is 27.7. The van der Waals surface area contributed by atoms with E-state index in [1.807, 2.05) is 19.1 Å². The summed E-state index contributed by atoms with van der Waals surface area (Å²) in [6.45, 7) is 2.03. The third-order valence-corrected chi connectivity index (χ3v) is 11.8. The highest BCUT2D eigenvalue weighted by molar-refractivity contribution is 5.86. The molecule has 3 aromatic heterocycles. The van der Waals surface area contributed by atoms with E-state index in [0.29, 0.717) is 51.9 Å². The van der Waals surface area contributed by atoms with Gasteiger partial charge in [0, 0.05) is 40.8 Å². The van der Waals surface area contributed by atoms with Crippen molar-refractivity contribution in [2.75, 3.05) is 0 Å². The molecule has 2 bridgehead atoms. The maximum atomic E-state index is 16.7. The quantitative estimate of drug-likeness (QED) is 0.259. The van der Waals surface area contributed by atoms with E-state index in [1.165, 1.54) is 12.5 Å². The van der Waals surface area contributed by atoms with Crippen molar-refractivity contribution in [1.29, 1.82) is 0 Å². The average molecular weight is 627 g/mol. The van der Waals surface area contributed by atoms with Crippen molar-refractivity contribution in [3.8, 4) is 35.0 Å². The minimum Gasteiger partial charge on any atom is -0.508 e. The van der Waals surface area contributed by atoms with E-state index in [0.717, 1.165) is 61.0 Å². The highest BCUT2D eigenvalue weighted by atomic mass is 19.1. The highest BCUT2D eigenvalue weighted by Crippen LogP contribution is 2.63. The molecule has 10 rings (SSSR count). The van der Waals surface area contributed by atoms with Crippen LogP contribution in [0.4, 0.5) is 4.39 Å². The number of nitrogens with zero attached hydrogens (tertiary/aromatic N) is 5. The lowest BCUT2D eigenvalue weighted by Crippen LogP contribution is -2.35. The molecule has 6 aliphatic rings. The number of rotatable bonds is 5. The van der Waals surface area contributed by atoms with Gasteiger partial charge in [0.25, 0.3) is 0 Å². The van der Waals surface area contributed by atoms with E-state index in [2.05, 4.69) is 11.2 Å². The molecule has 47 heavy (non-hydrogen) atoms. The zero-order valence-corrected chi connectivity index (χ0v) is 26.2. The van der Waals surface area contributed by atoms with E-state index >= 15 is 4.39 Å². The smallest absolute Gasteiger partial charge is 0.354 e. The van der Waals surface area contributed by atoms with Crippen molar-refractivity contribution in [2.45, 2.75) is 87.6 Å². The van der Waals surface area contributed by atoms with Crippen molar-refractivity contribution in [3.05, 3.63) is 75.1 Å². The number of halogens is 1. The molecule has 2 N–H and O–H groups in total. The molecular formula is C38H35FN6O2. The molecule has 9 heteroatoms. The largest absolute Gasteiger partial charge is 0.508 e. The molecule has 6 unspecified atom stereocenters. The van der Waals surface area contributed by atoms with Gasteiger partial charge in [0.1, 0.15) is 23.6 Å². The Morgan fingerprint density at radius 2 is 1.79 bits per heavy atom. The zero-order chi connectivity index (χ0) is 31.7. The molecule has 0 radical (unpaired) electrons. The zero-order valence-electron chi connectivity index (χ0n) is 26.2. The molecule has 4 aliphatic carbocycles. The topological polar surface area (TPSA) is 106 Å². The second-order valence-electron chi connectivity index (χ2n) is 14.8. The van der Waals surface area contributed by atoms with Crippen LogP contribution in [0.5, 0.6) is 5.75 Å². The number of piperidine rings is 1. The molecule has 1 aromatic carbocycles. The predicted octanol–water partition coefficient (Wildman–Crippen LogP) is 6.07. The maximum absolute atomic E-state index is 16.7. The van der Waals surface area contributed by atoms with Gasteiger partial charge < -0.3 is 10.4 Å². The number of aromatic hydroxyl groups is 1. The monoisotopic (exact) mass is 626 g/mol. The third kappa shape index (κ3) is 4.13. The molecule has 4 aromatic rings. The standard InChI is InChI=1S/C38H35FN6O2/c1-3-23-17(2)4-5-20-12-22(46)14-25(29(20)23)34-27(39)15-26-35(31-24-13-21-10-11-28(42-21)30(24)31)44-38(47)45(37(26)43-34)36-32(18-6-7-18)40-16-41-33(36)19-8-9-19/h1,4-5,12,14-19,21,23-24,28,30-31,42,46H,6-11,13H2,2H3/t17?,21?,23?,24?,28?,30-,31?/m0/s1. The van der Waals surface area contributed by atoms with Gasteiger partial charge in [-0.1, -0.05) is 25.0 Å². The van der Waals surface area contributed by atoms with Gasteiger partial charge >= 0.3 is 5.69 Å². The molecule has 5 fully saturated rings. The first-order chi connectivity index (χ1) is 22.9. The van der Waals surface area contributed by atoms with Crippen LogP contribution in [0.15, 0.2) is 35.4 Å². The van der Waals surface area contributed by atoms with Crippen LogP contribution in [0.3, 0.4) is 0 Å². The second kappa shape index (κ2) is 9.80. The minimum absolute atomic E-state index is 0.00376. The van der Waals surface area contributed by atoms with Gasteiger partial charge in [-0.25, -0.2) is 28.7 Å². The summed E-state index contributed by atoms with van der Waals surface area (Å²) in [5, 5.41) is 15.1. The van der Waals surface area contributed by atoms with Gasteiger partial charge in [-0.3, -0.25) is 0 Å². The van der Waals surface area contributed by atoms with Crippen LogP contribution in [0.2, 0.25) is 0 Å². The fraction of sp³-hybridized carbons (Fsp3) is 0.447. The SMILES string of the molecule is C#CC1c2c(cc(O)cc2-c2nc3c(cc2F)c(C2C4CC5CCC(N5)[C@H]42)nc(=O)n3-c2c(C3CC3)ncnc2C2CC2)C=CC1C. The van der Waals surface area contributed by atoms with Gasteiger partial charge in [0.15, 0.2) is 5.65 Å². The van der Waals surface area contributed by atoms with Crippen LogP contribution in [-0.2, 0) is 0 Å². The number of aromatic nitrogens is 5. The van der Waals surface area contributed by atoms with E-state index in [-0.39, 0.29) is 41.0 Å². The van der Waals surface area contributed by atoms with E-state index in [1.54, 1.807) is 23.0 Å². The number of terminal acetylenes is 1. The maximum Gasteiger partial charge on any atom is 0.354 e. The van der Waals surface area contributed by atoms with Gasteiger partial charge in [-0.2, -0.15) is 4.98 Å². The number of fused-ring (bicyclic) bond motifs is 6. The molecule has 236 valence electrons. The number of phenolic OH excluding ortho intramolecular Hbond substituents is 1. The Morgan fingerprint density at radius 3 is 2.51 bits per heavy atom. The average Bonchev–Trinajstić information content (AvgIpc) is 3.95. The Labute approximate surface area is 271 Å². The molecule has 5 heterocycles. The Kier molecular flexibility index (Phi) is 5.77. The number of benzene rings is 1. The first-order valence-corrected chi connectivity index (χ1v) is 17.2. The molecule has 7 atom stereocenters. The Bertz CT molecular complexity index is 2130. The predicted molar refractivity (Wildman–Crippen MR) is 176 cm³/mol. The van der Waals surface area contributed by atoms with Crippen molar-refractivity contribution < 1.29 is 9.50 Å².